The van der Waals surface area contributed by atoms with Crippen molar-refractivity contribution in [2.45, 2.75) is 33.4 Å². The normalized spacial score (nSPS) is 15.0. The summed E-state index contributed by atoms with van der Waals surface area (Å²) in [5, 5.41) is 7.80. The van der Waals surface area contributed by atoms with Crippen LogP contribution in [0.15, 0.2) is 29.3 Å². The van der Waals surface area contributed by atoms with E-state index in [9.17, 15) is 13.2 Å². The molecule has 3 rings (SSSR count). The molecular formula is C22H32F3IN6. The van der Waals surface area contributed by atoms with E-state index in [-0.39, 0.29) is 24.0 Å². The van der Waals surface area contributed by atoms with Gasteiger partial charge in [-0.1, -0.05) is 6.07 Å². The fourth-order valence-electron chi connectivity index (χ4n) is 3.93. The van der Waals surface area contributed by atoms with Crippen LogP contribution in [0.5, 0.6) is 0 Å². The highest BCUT2D eigenvalue weighted by Crippen LogP contribution is 2.31. The van der Waals surface area contributed by atoms with Crippen LogP contribution in [-0.2, 0) is 19.6 Å². The topological polar surface area (TPSA) is 48.7 Å². The van der Waals surface area contributed by atoms with Crippen LogP contribution >= 0.6 is 24.0 Å². The van der Waals surface area contributed by atoms with Gasteiger partial charge in [-0.25, -0.2) is 0 Å². The van der Waals surface area contributed by atoms with Crippen molar-refractivity contribution in [3.63, 3.8) is 0 Å². The number of guanidine groups is 1. The van der Waals surface area contributed by atoms with E-state index < -0.39 is 11.7 Å². The van der Waals surface area contributed by atoms with Gasteiger partial charge in [0.1, 0.15) is 0 Å². The summed E-state index contributed by atoms with van der Waals surface area (Å²) in [5.41, 5.74) is 3.43. The van der Waals surface area contributed by atoms with Crippen molar-refractivity contribution < 1.29 is 13.2 Å². The molecule has 1 N–H and O–H groups in total. The Morgan fingerprint density at radius 2 is 1.84 bits per heavy atom. The summed E-state index contributed by atoms with van der Waals surface area (Å²) >= 11 is 0. The fourth-order valence-corrected chi connectivity index (χ4v) is 3.93. The Labute approximate surface area is 204 Å². The smallest absolute Gasteiger partial charge is 0.368 e. The lowest BCUT2D eigenvalue weighted by Gasteiger charge is -2.38. The number of alkyl halides is 3. The Morgan fingerprint density at radius 1 is 1.16 bits per heavy atom. The first-order chi connectivity index (χ1) is 14.7. The number of aromatic nitrogens is 2. The highest BCUT2D eigenvalue weighted by molar-refractivity contribution is 14.0. The second kappa shape index (κ2) is 11.2. The van der Waals surface area contributed by atoms with E-state index >= 15 is 0 Å². The maximum atomic E-state index is 13.0. The molecule has 0 unspecified atom stereocenters. The molecule has 1 saturated heterocycles. The zero-order chi connectivity index (χ0) is 22.6. The summed E-state index contributed by atoms with van der Waals surface area (Å²) in [5.74, 6) is 0.852. The van der Waals surface area contributed by atoms with Gasteiger partial charge < -0.3 is 15.1 Å². The Bertz CT molecular complexity index is 917. The quantitative estimate of drug-likeness (QED) is 0.339. The molecule has 1 aromatic carbocycles. The lowest BCUT2D eigenvalue weighted by molar-refractivity contribution is -0.137. The molecule has 1 fully saturated rings. The molecule has 0 bridgehead atoms. The predicted octanol–water partition coefficient (Wildman–Crippen LogP) is 4.00. The van der Waals surface area contributed by atoms with Crippen molar-refractivity contribution in [2.75, 3.05) is 44.2 Å². The average molecular weight is 564 g/mol. The monoisotopic (exact) mass is 564 g/mol. The van der Waals surface area contributed by atoms with E-state index in [2.05, 4.69) is 22.2 Å². The van der Waals surface area contributed by atoms with Gasteiger partial charge in [-0.2, -0.15) is 18.3 Å². The summed E-state index contributed by atoms with van der Waals surface area (Å²) in [6.45, 7) is 10.2. The molecular weight excluding hydrogens is 532 g/mol. The Hall–Kier alpha value is -1.98. The molecule has 1 aromatic heterocycles. The maximum Gasteiger partial charge on any atom is 0.416 e. The molecule has 1 aliphatic rings. The van der Waals surface area contributed by atoms with Gasteiger partial charge in [-0.05, 0) is 51.0 Å². The van der Waals surface area contributed by atoms with E-state index in [0.717, 1.165) is 36.4 Å². The lowest BCUT2D eigenvalue weighted by Crippen LogP contribution is -2.52. The first-order valence-corrected chi connectivity index (χ1v) is 10.6. The molecule has 2 aromatic rings. The van der Waals surface area contributed by atoms with Crippen LogP contribution in [0, 0.1) is 13.8 Å². The number of benzene rings is 1. The van der Waals surface area contributed by atoms with Gasteiger partial charge in [-0.3, -0.25) is 9.67 Å². The summed E-state index contributed by atoms with van der Waals surface area (Å²) in [6, 6.07) is 5.55. The minimum atomic E-state index is -4.33. The van der Waals surface area contributed by atoms with Crippen molar-refractivity contribution in [3.05, 3.63) is 46.8 Å². The van der Waals surface area contributed by atoms with Crippen LogP contribution in [0.25, 0.3) is 0 Å². The molecule has 0 aliphatic carbocycles. The first kappa shape index (κ1) is 26.3. The van der Waals surface area contributed by atoms with Crippen molar-refractivity contribution in [3.8, 4) is 0 Å². The summed E-state index contributed by atoms with van der Waals surface area (Å²) in [7, 11) is 1.95. The molecule has 178 valence electrons. The number of rotatable bonds is 5. The Balaban J connectivity index is 0.00000363. The van der Waals surface area contributed by atoms with Gasteiger partial charge in [0.25, 0.3) is 0 Å². The number of nitrogens with one attached hydrogen (secondary N) is 1. The zero-order valence-corrected chi connectivity index (χ0v) is 21.4. The standard InChI is InChI=1S/C22H31F3N6.HI/c1-5-26-21(27-10-9-20-16(2)28-29(4)17(20)3)31-13-11-30(12-14-31)19-8-6-7-18(15-19)22(23,24)25;/h6-8,15H,5,9-14H2,1-4H3,(H,26,27);1H. The molecule has 0 spiro atoms. The van der Waals surface area contributed by atoms with Crippen LogP contribution in [0.1, 0.15) is 29.4 Å². The first-order valence-electron chi connectivity index (χ1n) is 10.6. The van der Waals surface area contributed by atoms with E-state index in [1.54, 1.807) is 6.07 Å². The van der Waals surface area contributed by atoms with Gasteiger partial charge >= 0.3 is 6.18 Å². The van der Waals surface area contributed by atoms with E-state index in [4.69, 9.17) is 4.99 Å². The second-order valence-corrected chi connectivity index (χ2v) is 7.78. The summed E-state index contributed by atoms with van der Waals surface area (Å²) in [4.78, 5) is 8.97. The highest BCUT2D eigenvalue weighted by Gasteiger charge is 2.31. The van der Waals surface area contributed by atoms with E-state index in [1.807, 2.05) is 30.5 Å². The Kier molecular flexibility index (Phi) is 9.23. The summed E-state index contributed by atoms with van der Waals surface area (Å²) in [6.07, 6.45) is -3.50. The molecule has 2 heterocycles. The van der Waals surface area contributed by atoms with Crippen LogP contribution in [0.3, 0.4) is 0 Å². The molecule has 10 heteroatoms. The molecule has 32 heavy (non-hydrogen) atoms. The van der Waals surface area contributed by atoms with Crippen LogP contribution in [0.2, 0.25) is 0 Å². The molecule has 6 nitrogen and oxygen atoms in total. The minimum Gasteiger partial charge on any atom is -0.368 e. The number of hydrogen-bond donors (Lipinski definition) is 1. The largest absolute Gasteiger partial charge is 0.416 e. The van der Waals surface area contributed by atoms with Crippen LogP contribution in [0.4, 0.5) is 18.9 Å². The highest BCUT2D eigenvalue weighted by atomic mass is 127. The van der Waals surface area contributed by atoms with Crippen molar-refractivity contribution in [1.29, 1.82) is 0 Å². The van der Waals surface area contributed by atoms with Crippen molar-refractivity contribution in [2.24, 2.45) is 12.0 Å². The number of hydrogen-bond acceptors (Lipinski definition) is 3. The molecule has 0 saturated carbocycles. The van der Waals surface area contributed by atoms with Gasteiger partial charge in [0.05, 0.1) is 11.3 Å². The van der Waals surface area contributed by atoms with Gasteiger partial charge in [0.2, 0.25) is 0 Å². The third kappa shape index (κ3) is 6.29. The maximum absolute atomic E-state index is 13.0. The van der Waals surface area contributed by atoms with Crippen molar-refractivity contribution >= 4 is 35.6 Å². The van der Waals surface area contributed by atoms with Gasteiger partial charge in [-0.15, -0.1) is 24.0 Å². The number of anilines is 1. The van der Waals surface area contributed by atoms with Gasteiger partial charge in [0.15, 0.2) is 5.96 Å². The van der Waals surface area contributed by atoms with Crippen LogP contribution < -0.4 is 10.2 Å². The third-order valence-electron chi connectivity index (χ3n) is 5.73. The Morgan fingerprint density at radius 3 is 2.41 bits per heavy atom. The number of nitrogens with zero attached hydrogens (tertiary/aromatic N) is 5. The molecule has 0 amide bonds. The van der Waals surface area contributed by atoms with Crippen LogP contribution in [-0.4, -0.2) is 59.9 Å². The fraction of sp³-hybridized carbons (Fsp3) is 0.545. The van der Waals surface area contributed by atoms with E-state index in [1.165, 1.54) is 17.7 Å². The number of aryl methyl sites for hydroxylation is 2. The number of aliphatic imine (C=N–C) groups is 1. The lowest BCUT2D eigenvalue weighted by atomic mass is 10.1. The zero-order valence-electron chi connectivity index (χ0n) is 19.0. The number of piperazine rings is 1. The molecule has 0 atom stereocenters. The second-order valence-electron chi connectivity index (χ2n) is 7.78. The molecule has 0 radical (unpaired) electrons. The van der Waals surface area contributed by atoms with Crippen molar-refractivity contribution in [1.82, 2.24) is 20.0 Å². The predicted molar refractivity (Wildman–Crippen MR) is 133 cm³/mol. The van der Waals surface area contributed by atoms with E-state index in [0.29, 0.717) is 38.4 Å². The van der Waals surface area contributed by atoms with Gasteiger partial charge in [0, 0.05) is 57.7 Å². The molecule has 1 aliphatic heterocycles. The SMILES string of the molecule is CCNC(=NCCc1c(C)nn(C)c1C)N1CCN(c2cccc(C(F)(F)F)c2)CC1.I. The third-order valence-corrected chi connectivity index (χ3v) is 5.73. The average Bonchev–Trinajstić information content (AvgIpc) is 2.98. The minimum absolute atomic E-state index is 0. The number of halogens is 4. The summed E-state index contributed by atoms with van der Waals surface area (Å²) < 4.78 is 41.0.